The molecule has 1 aliphatic rings. The van der Waals surface area contributed by atoms with Crippen LogP contribution in [0.3, 0.4) is 0 Å². The van der Waals surface area contributed by atoms with Gasteiger partial charge < -0.3 is 4.90 Å². The SMILES string of the molecule is CCNOS(=O)(=O)CCCN1C(=CC=Cc2sc3ccccc3[n+]2CCCS(=O)(=O)O)Sc2ccccc21. The van der Waals surface area contributed by atoms with Gasteiger partial charge in [-0.3, -0.25) is 4.55 Å². The van der Waals surface area contributed by atoms with Crippen LogP contribution >= 0.6 is 23.1 Å². The van der Waals surface area contributed by atoms with Crippen molar-refractivity contribution in [2.45, 2.75) is 31.2 Å². The van der Waals surface area contributed by atoms with Gasteiger partial charge in [-0.2, -0.15) is 31.2 Å². The molecule has 1 aliphatic heterocycles. The van der Waals surface area contributed by atoms with Crippen LogP contribution in [-0.4, -0.2) is 46.0 Å². The number of benzene rings is 2. The topological polar surface area (TPSA) is 117 Å². The van der Waals surface area contributed by atoms with Gasteiger partial charge in [0.25, 0.3) is 25.2 Å². The summed E-state index contributed by atoms with van der Waals surface area (Å²) in [4.78, 5) is 3.21. The van der Waals surface area contributed by atoms with Crippen LogP contribution in [0.2, 0.25) is 0 Å². The zero-order valence-corrected chi connectivity index (χ0v) is 24.1. The number of nitrogens with one attached hydrogen (secondary N) is 1. The fraction of sp³-hybridized carbons (Fsp3) is 0.320. The van der Waals surface area contributed by atoms with E-state index in [2.05, 4.69) is 14.9 Å². The van der Waals surface area contributed by atoms with Crippen molar-refractivity contribution in [2.75, 3.05) is 29.5 Å². The zero-order valence-electron chi connectivity index (χ0n) is 20.8. The Labute approximate surface area is 231 Å². The Bertz CT molecular complexity index is 1550. The van der Waals surface area contributed by atoms with E-state index in [0.29, 0.717) is 32.5 Å². The minimum absolute atomic E-state index is 0.0994. The third-order valence-electron chi connectivity index (χ3n) is 5.64. The molecule has 9 nitrogen and oxygen atoms in total. The van der Waals surface area contributed by atoms with Gasteiger partial charge in [0.1, 0.15) is 4.70 Å². The smallest absolute Gasteiger partial charge is 0.283 e. The molecule has 0 fully saturated rings. The van der Waals surface area contributed by atoms with Crippen LogP contribution < -0.4 is 14.9 Å². The molecule has 0 unspecified atom stereocenters. The average Bonchev–Trinajstić information content (AvgIpc) is 3.40. The Morgan fingerprint density at radius 1 is 1.05 bits per heavy atom. The van der Waals surface area contributed by atoms with E-state index in [0.717, 1.165) is 30.8 Å². The third kappa shape index (κ3) is 7.65. The molecule has 38 heavy (non-hydrogen) atoms. The minimum Gasteiger partial charge on any atom is -0.335 e. The van der Waals surface area contributed by atoms with Crippen LogP contribution in [0.15, 0.2) is 70.6 Å². The van der Waals surface area contributed by atoms with Crippen LogP contribution in [0.1, 0.15) is 24.8 Å². The molecule has 0 amide bonds. The number of rotatable bonds is 13. The standard InChI is InChI=1S/C25H29N3O6S4/c1-2-26-34-38(32,33)19-9-17-28-21-11-4-6-13-23(21)36-25(28)15-7-14-24-27(16-8-18-37(29,30)31)20-10-3-5-12-22(20)35-24/h3-7,10-15,26H,2,8-9,16-19H2,1H3/p+1. The highest BCUT2D eigenvalue weighted by Gasteiger charge is 2.25. The lowest BCUT2D eigenvalue weighted by atomic mass is 10.3. The van der Waals surface area contributed by atoms with Crippen molar-refractivity contribution < 1.29 is 30.2 Å². The molecule has 0 bridgehead atoms. The van der Waals surface area contributed by atoms with Crippen molar-refractivity contribution in [3.8, 4) is 0 Å². The first-order valence-corrected chi connectivity index (χ1v) is 16.9. The largest absolute Gasteiger partial charge is 0.335 e. The lowest BCUT2D eigenvalue weighted by molar-refractivity contribution is -0.668. The predicted molar refractivity (Wildman–Crippen MR) is 153 cm³/mol. The van der Waals surface area contributed by atoms with E-state index in [1.807, 2.05) is 66.8 Å². The van der Waals surface area contributed by atoms with Crippen molar-refractivity contribution in [1.29, 1.82) is 0 Å². The van der Waals surface area contributed by atoms with E-state index in [9.17, 15) is 16.8 Å². The van der Waals surface area contributed by atoms with E-state index >= 15 is 0 Å². The number of hydroxylamine groups is 1. The van der Waals surface area contributed by atoms with E-state index in [-0.39, 0.29) is 11.5 Å². The summed E-state index contributed by atoms with van der Waals surface area (Å²) in [5, 5.41) is 1.93. The highest BCUT2D eigenvalue weighted by atomic mass is 32.2. The number of aryl methyl sites for hydroxylation is 1. The first kappa shape index (κ1) is 28.7. The molecule has 204 valence electrons. The van der Waals surface area contributed by atoms with E-state index in [1.54, 1.807) is 30.0 Å². The third-order valence-corrected chi connectivity index (χ3v) is 9.87. The molecule has 0 radical (unpaired) electrons. The molecule has 0 aliphatic carbocycles. The molecule has 0 spiro atoms. The van der Waals surface area contributed by atoms with Crippen molar-refractivity contribution in [2.24, 2.45) is 0 Å². The fourth-order valence-electron chi connectivity index (χ4n) is 4.02. The summed E-state index contributed by atoms with van der Waals surface area (Å²) in [6.45, 7) is 3.12. The lowest BCUT2D eigenvalue weighted by Gasteiger charge is -2.20. The fourth-order valence-corrected chi connectivity index (χ4v) is 7.58. The molecule has 0 saturated heterocycles. The van der Waals surface area contributed by atoms with Gasteiger partial charge in [-0.25, -0.2) is 0 Å². The number of hydrogen-bond donors (Lipinski definition) is 2. The Hall–Kier alpha value is -2.26. The summed E-state index contributed by atoms with van der Waals surface area (Å²) in [5.41, 5.74) is 4.44. The summed E-state index contributed by atoms with van der Waals surface area (Å²) < 4.78 is 63.6. The molecule has 1 aromatic heterocycles. The van der Waals surface area contributed by atoms with Gasteiger partial charge in [-0.05, 0) is 30.7 Å². The number of anilines is 1. The van der Waals surface area contributed by atoms with Gasteiger partial charge in [0.05, 0.1) is 22.2 Å². The number of allylic oxidation sites excluding steroid dienone is 2. The maximum atomic E-state index is 12.1. The Morgan fingerprint density at radius 3 is 2.61 bits per heavy atom. The second kappa shape index (κ2) is 12.7. The molecule has 3 aromatic rings. The lowest BCUT2D eigenvalue weighted by Crippen LogP contribution is -2.35. The van der Waals surface area contributed by atoms with Crippen molar-refractivity contribution >= 4 is 65.3 Å². The molecule has 2 N–H and O–H groups in total. The first-order chi connectivity index (χ1) is 18.2. The summed E-state index contributed by atoms with van der Waals surface area (Å²) in [7, 11) is -7.67. The molecule has 0 atom stereocenters. The van der Waals surface area contributed by atoms with Crippen LogP contribution in [0, 0.1) is 0 Å². The molecule has 13 heteroatoms. The number of fused-ring (bicyclic) bond motifs is 2. The van der Waals surface area contributed by atoms with Gasteiger partial charge >= 0.3 is 0 Å². The van der Waals surface area contributed by atoms with Gasteiger partial charge in [-0.15, -0.1) is 0 Å². The number of aromatic nitrogens is 1. The number of nitrogens with zero attached hydrogens (tertiary/aromatic N) is 2. The van der Waals surface area contributed by atoms with E-state index < -0.39 is 20.2 Å². The van der Waals surface area contributed by atoms with Crippen molar-refractivity contribution in [3.05, 3.63) is 70.7 Å². The number of thiazole rings is 1. The van der Waals surface area contributed by atoms with E-state index in [1.165, 1.54) is 0 Å². The van der Waals surface area contributed by atoms with Crippen LogP contribution in [0.5, 0.6) is 0 Å². The number of hydrogen-bond acceptors (Lipinski definition) is 9. The van der Waals surface area contributed by atoms with Gasteiger partial charge in [0.15, 0.2) is 6.54 Å². The first-order valence-electron chi connectivity index (χ1n) is 12.1. The minimum atomic E-state index is -4.02. The predicted octanol–water partition coefficient (Wildman–Crippen LogP) is 4.19. The summed E-state index contributed by atoms with van der Waals surface area (Å²) in [6, 6.07) is 15.9. The molecular weight excluding hydrogens is 567 g/mol. The molecule has 2 heterocycles. The zero-order chi connectivity index (χ0) is 27.2. The number of thioether (sulfide) groups is 1. The second-order valence-corrected chi connectivity index (χ2v) is 13.9. The van der Waals surface area contributed by atoms with Crippen LogP contribution in [0.25, 0.3) is 16.3 Å². The highest BCUT2D eigenvalue weighted by molar-refractivity contribution is 8.03. The Balaban J connectivity index is 1.53. The Kier molecular flexibility index (Phi) is 9.63. The van der Waals surface area contributed by atoms with Gasteiger partial charge in [0.2, 0.25) is 5.52 Å². The molecule has 0 saturated carbocycles. The van der Waals surface area contributed by atoms with Gasteiger partial charge in [0, 0.05) is 36.5 Å². The van der Waals surface area contributed by atoms with Crippen LogP contribution in [-0.2, 0) is 31.1 Å². The second-order valence-electron chi connectivity index (χ2n) is 8.48. The highest BCUT2D eigenvalue weighted by Crippen LogP contribution is 2.45. The molecular formula is C25H30N3O6S4+. The van der Waals surface area contributed by atoms with Crippen LogP contribution in [0.4, 0.5) is 5.69 Å². The summed E-state index contributed by atoms with van der Waals surface area (Å²) in [5.74, 6) is -0.395. The quantitative estimate of drug-likeness (QED) is 0.170. The Morgan fingerprint density at radius 2 is 1.82 bits per heavy atom. The molecule has 4 rings (SSSR count). The van der Waals surface area contributed by atoms with E-state index in [4.69, 9.17) is 8.84 Å². The van der Waals surface area contributed by atoms with Crippen molar-refractivity contribution in [1.82, 2.24) is 5.48 Å². The normalized spacial score (nSPS) is 15.2. The average molecular weight is 597 g/mol. The van der Waals surface area contributed by atoms with Gasteiger partial charge in [-0.1, -0.05) is 60.4 Å². The summed E-state index contributed by atoms with van der Waals surface area (Å²) >= 11 is 3.23. The molecule has 2 aromatic carbocycles. The van der Waals surface area contributed by atoms with Crippen molar-refractivity contribution in [3.63, 3.8) is 0 Å². The monoisotopic (exact) mass is 596 g/mol. The maximum absolute atomic E-state index is 12.1. The number of para-hydroxylation sites is 2. The maximum Gasteiger partial charge on any atom is 0.283 e. The summed E-state index contributed by atoms with van der Waals surface area (Å²) in [6.07, 6.45) is 6.64.